The van der Waals surface area contributed by atoms with Crippen LogP contribution in [0, 0.1) is 0 Å². The number of halogens is 1. The molecule has 0 aromatic heterocycles. The molecule has 27 heavy (non-hydrogen) atoms. The number of hydrogen-bond donors (Lipinski definition) is 0. The summed E-state index contributed by atoms with van der Waals surface area (Å²) in [7, 11) is 3.46. The Bertz CT molecular complexity index is 788. The molecule has 144 valence electrons. The second-order valence-electron chi connectivity index (χ2n) is 7.06. The van der Waals surface area contributed by atoms with Crippen molar-refractivity contribution in [1.82, 2.24) is 4.90 Å². The van der Waals surface area contributed by atoms with Crippen LogP contribution in [0.15, 0.2) is 42.5 Å². The number of piperidine rings is 1. The number of likely N-dealkylation sites (N-methyl/N-ethyl adjacent to an activating group) is 1. The van der Waals surface area contributed by atoms with Gasteiger partial charge in [0.15, 0.2) is 0 Å². The Kier molecular flexibility index (Phi) is 6.62. The molecule has 0 N–H and O–H groups in total. The van der Waals surface area contributed by atoms with Crippen molar-refractivity contribution >= 4 is 23.2 Å². The minimum absolute atomic E-state index is 0.0454. The average Bonchev–Trinajstić information content (AvgIpc) is 2.69. The maximum atomic E-state index is 12.8. The van der Waals surface area contributed by atoms with Gasteiger partial charge in [-0.25, -0.2) is 0 Å². The number of benzene rings is 2. The molecule has 1 amide bonds. The normalized spacial score (nSPS) is 14.1. The molecular weight excluding hydrogens is 360 g/mol. The van der Waals surface area contributed by atoms with Crippen molar-refractivity contribution in [2.45, 2.75) is 32.2 Å². The zero-order valence-electron chi connectivity index (χ0n) is 16.1. The second-order valence-corrected chi connectivity index (χ2v) is 7.50. The van der Waals surface area contributed by atoms with Crippen molar-refractivity contribution in [1.29, 1.82) is 0 Å². The molecule has 3 rings (SSSR count). The molecule has 0 atom stereocenters. The minimum Gasteiger partial charge on any atom is -0.496 e. The molecule has 1 heterocycles. The zero-order valence-corrected chi connectivity index (χ0v) is 16.8. The Balaban J connectivity index is 1.71. The van der Waals surface area contributed by atoms with Gasteiger partial charge in [-0.3, -0.25) is 4.79 Å². The Morgan fingerprint density at radius 1 is 1.11 bits per heavy atom. The van der Waals surface area contributed by atoms with Gasteiger partial charge in [-0.2, -0.15) is 0 Å². The SMILES string of the molecule is COc1ccc(Cl)cc1CC(=O)N(C)Cc1ccccc1N1CCCCC1. The fraction of sp³-hybridized carbons (Fsp3) is 0.409. The van der Waals surface area contributed by atoms with Gasteiger partial charge < -0.3 is 14.5 Å². The van der Waals surface area contributed by atoms with Crippen molar-refractivity contribution in [3.05, 3.63) is 58.6 Å². The van der Waals surface area contributed by atoms with E-state index in [-0.39, 0.29) is 12.3 Å². The third-order valence-electron chi connectivity index (χ3n) is 5.11. The molecule has 5 heteroatoms. The Hall–Kier alpha value is -2.20. The number of ether oxygens (including phenoxy) is 1. The predicted molar refractivity (Wildman–Crippen MR) is 111 cm³/mol. The van der Waals surface area contributed by atoms with Gasteiger partial charge in [-0.1, -0.05) is 29.8 Å². The van der Waals surface area contributed by atoms with Crippen LogP contribution >= 0.6 is 11.6 Å². The summed E-state index contributed by atoms with van der Waals surface area (Å²) < 4.78 is 5.36. The first kappa shape index (κ1) is 19.6. The van der Waals surface area contributed by atoms with E-state index in [4.69, 9.17) is 16.3 Å². The molecule has 1 fully saturated rings. The van der Waals surface area contributed by atoms with E-state index in [0.717, 1.165) is 18.7 Å². The second kappa shape index (κ2) is 9.14. The van der Waals surface area contributed by atoms with Crippen LogP contribution in [0.5, 0.6) is 5.75 Å². The molecule has 0 bridgehead atoms. The highest BCUT2D eigenvalue weighted by Gasteiger charge is 2.18. The van der Waals surface area contributed by atoms with Gasteiger partial charge in [0.05, 0.1) is 13.5 Å². The summed E-state index contributed by atoms with van der Waals surface area (Å²) in [6.07, 6.45) is 4.04. The van der Waals surface area contributed by atoms with Gasteiger partial charge in [0, 0.05) is 43.0 Å². The number of hydrogen-bond acceptors (Lipinski definition) is 3. The summed E-state index contributed by atoms with van der Waals surface area (Å²) >= 11 is 6.09. The summed E-state index contributed by atoms with van der Waals surface area (Å²) in [6, 6.07) is 13.8. The van der Waals surface area contributed by atoms with E-state index in [9.17, 15) is 4.79 Å². The third kappa shape index (κ3) is 4.95. The lowest BCUT2D eigenvalue weighted by Gasteiger charge is -2.31. The van der Waals surface area contributed by atoms with Gasteiger partial charge in [0.25, 0.3) is 0 Å². The maximum Gasteiger partial charge on any atom is 0.227 e. The van der Waals surface area contributed by atoms with Crippen molar-refractivity contribution < 1.29 is 9.53 Å². The van der Waals surface area contributed by atoms with Gasteiger partial charge >= 0.3 is 0 Å². The van der Waals surface area contributed by atoms with E-state index in [0.29, 0.717) is 17.3 Å². The molecule has 0 radical (unpaired) electrons. The van der Waals surface area contributed by atoms with Crippen molar-refractivity contribution in [2.75, 3.05) is 32.1 Å². The number of anilines is 1. The number of rotatable bonds is 6. The largest absolute Gasteiger partial charge is 0.496 e. The minimum atomic E-state index is 0.0454. The lowest BCUT2D eigenvalue weighted by Crippen LogP contribution is -2.32. The quantitative estimate of drug-likeness (QED) is 0.730. The lowest BCUT2D eigenvalue weighted by atomic mass is 10.1. The Morgan fingerprint density at radius 2 is 1.85 bits per heavy atom. The molecule has 2 aromatic carbocycles. The van der Waals surface area contributed by atoms with Gasteiger partial charge in [0.2, 0.25) is 5.91 Å². The molecule has 0 saturated carbocycles. The van der Waals surface area contributed by atoms with E-state index >= 15 is 0 Å². The van der Waals surface area contributed by atoms with Crippen LogP contribution in [0.25, 0.3) is 0 Å². The highest BCUT2D eigenvalue weighted by Crippen LogP contribution is 2.26. The van der Waals surface area contributed by atoms with Gasteiger partial charge in [0.1, 0.15) is 5.75 Å². The number of carbonyl (C=O) groups excluding carboxylic acids is 1. The molecule has 0 spiro atoms. The first-order valence-electron chi connectivity index (χ1n) is 9.47. The first-order chi connectivity index (χ1) is 13.1. The van der Waals surface area contributed by atoms with Crippen molar-refractivity contribution in [2.24, 2.45) is 0 Å². The first-order valence-corrected chi connectivity index (χ1v) is 9.85. The number of para-hydroxylation sites is 1. The fourth-order valence-corrected chi connectivity index (χ4v) is 3.81. The van der Waals surface area contributed by atoms with Crippen LogP contribution in [0.3, 0.4) is 0 Å². The number of methoxy groups -OCH3 is 1. The smallest absolute Gasteiger partial charge is 0.227 e. The molecule has 1 saturated heterocycles. The van der Waals surface area contributed by atoms with Crippen molar-refractivity contribution in [3.63, 3.8) is 0 Å². The fourth-order valence-electron chi connectivity index (χ4n) is 3.61. The van der Waals surface area contributed by atoms with Gasteiger partial charge in [-0.05, 0) is 49.1 Å². The van der Waals surface area contributed by atoms with E-state index in [1.54, 1.807) is 30.2 Å². The molecule has 0 unspecified atom stereocenters. The van der Waals surface area contributed by atoms with E-state index < -0.39 is 0 Å². The summed E-state index contributed by atoms with van der Waals surface area (Å²) in [5, 5.41) is 0.608. The Morgan fingerprint density at radius 3 is 2.59 bits per heavy atom. The van der Waals surface area contributed by atoms with E-state index in [1.807, 2.05) is 13.1 Å². The van der Waals surface area contributed by atoms with Crippen LogP contribution < -0.4 is 9.64 Å². The highest BCUT2D eigenvalue weighted by molar-refractivity contribution is 6.30. The molecule has 0 aliphatic carbocycles. The average molecular weight is 387 g/mol. The van der Waals surface area contributed by atoms with Crippen LogP contribution in [0.2, 0.25) is 5.02 Å². The summed E-state index contributed by atoms with van der Waals surface area (Å²) in [6.45, 7) is 2.77. The van der Waals surface area contributed by atoms with Crippen LogP contribution in [-0.2, 0) is 17.8 Å². The lowest BCUT2D eigenvalue weighted by molar-refractivity contribution is -0.129. The zero-order chi connectivity index (χ0) is 19.2. The van der Waals surface area contributed by atoms with Crippen molar-refractivity contribution in [3.8, 4) is 5.75 Å². The molecule has 1 aliphatic rings. The summed E-state index contributed by atoms with van der Waals surface area (Å²) in [5.74, 6) is 0.735. The monoisotopic (exact) mass is 386 g/mol. The van der Waals surface area contributed by atoms with Gasteiger partial charge in [-0.15, -0.1) is 0 Å². The summed E-state index contributed by atoms with van der Waals surface area (Å²) in [5.41, 5.74) is 3.25. The van der Waals surface area contributed by atoms with Crippen LogP contribution in [0.4, 0.5) is 5.69 Å². The molecule has 4 nitrogen and oxygen atoms in total. The summed E-state index contributed by atoms with van der Waals surface area (Å²) in [4.78, 5) is 17.0. The number of amides is 1. The predicted octanol–water partition coefficient (Wildman–Crippen LogP) is 4.54. The molecule has 1 aliphatic heterocycles. The Labute approximate surface area is 166 Å². The molecule has 2 aromatic rings. The molecular formula is C22H27ClN2O2. The number of carbonyl (C=O) groups is 1. The van der Waals surface area contributed by atoms with E-state index in [1.165, 1.54) is 30.5 Å². The van der Waals surface area contributed by atoms with E-state index in [2.05, 4.69) is 23.1 Å². The standard InChI is InChI=1S/C22H27ClN2O2/c1-24(22(26)15-18-14-19(23)10-11-21(18)27-2)16-17-8-4-5-9-20(17)25-12-6-3-7-13-25/h4-5,8-11,14H,3,6-7,12-13,15-16H2,1-2H3. The highest BCUT2D eigenvalue weighted by atomic mass is 35.5. The third-order valence-corrected chi connectivity index (χ3v) is 5.34. The topological polar surface area (TPSA) is 32.8 Å². The maximum absolute atomic E-state index is 12.8. The van der Waals surface area contributed by atoms with Crippen LogP contribution in [-0.4, -0.2) is 38.1 Å². The number of nitrogens with zero attached hydrogens (tertiary/aromatic N) is 2. The van der Waals surface area contributed by atoms with Crippen LogP contribution in [0.1, 0.15) is 30.4 Å².